The number of carbonyl (C=O) groups excluding carboxylic acids is 1. The zero-order chi connectivity index (χ0) is 15.1. The van der Waals surface area contributed by atoms with Crippen molar-refractivity contribution in [1.29, 1.82) is 0 Å². The summed E-state index contributed by atoms with van der Waals surface area (Å²) in [6, 6.07) is 9.28. The SMILES string of the molecule is COc1ccsc1C(=O)NCc1ccc(C#CCO)cc1. The van der Waals surface area contributed by atoms with Crippen molar-refractivity contribution in [2.24, 2.45) is 0 Å². The van der Waals surface area contributed by atoms with Crippen LogP contribution in [-0.4, -0.2) is 24.7 Å². The van der Waals surface area contributed by atoms with Gasteiger partial charge in [-0.25, -0.2) is 0 Å². The molecule has 1 aromatic carbocycles. The van der Waals surface area contributed by atoms with E-state index in [2.05, 4.69) is 17.2 Å². The van der Waals surface area contributed by atoms with Crippen molar-refractivity contribution in [3.63, 3.8) is 0 Å². The first-order valence-electron chi connectivity index (χ1n) is 6.33. The Kier molecular flexibility index (Phi) is 5.38. The van der Waals surface area contributed by atoms with Crippen LogP contribution in [0.1, 0.15) is 20.8 Å². The first-order valence-corrected chi connectivity index (χ1v) is 7.21. The summed E-state index contributed by atoms with van der Waals surface area (Å²) in [5, 5.41) is 13.3. The van der Waals surface area contributed by atoms with Crippen molar-refractivity contribution in [3.8, 4) is 17.6 Å². The minimum Gasteiger partial charge on any atom is -0.495 e. The summed E-state index contributed by atoms with van der Waals surface area (Å²) in [5.41, 5.74) is 1.81. The van der Waals surface area contributed by atoms with E-state index in [9.17, 15) is 4.79 Å². The van der Waals surface area contributed by atoms with Gasteiger partial charge in [-0.15, -0.1) is 11.3 Å². The van der Waals surface area contributed by atoms with Gasteiger partial charge in [-0.1, -0.05) is 24.0 Å². The summed E-state index contributed by atoms with van der Waals surface area (Å²) in [6.07, 6.45) is 0. The molecule has 0 aliphatic carbocycles. The molecule has 1 heterocycles. The lowest BCUT2D eigenvalue weighted by Gasteiger charge is -2.06. The standard InChI is InChI=1S/C16H15NO3S/c1-20-14-8-10-21-15(14)16(19)17-11-13-6-4-12(5-7-13)3-2-9-18/h4-8,10,18H,9,11H2,1H3,(H,17,19). The molecular formula is C16H15NO3S. The number of amides is 1. The molecule has 108 valence electrons. The monoisotopic (exact) mass is 301 g/mol. The summed E-state index contributed by atoms with van der Waals surface area (Å²) >= 11 is 1.35. The van der Waals surface area contributed by atoms with Gasteiger partial charge in [0.25, 0.3) is 5.91 Å². The summed E-state index contributed by atoms with van der Waals surface area (Å²) in [4.78, 5) is 12.6. The third kappa shape index (κ3) is 4.09. The van der Waals surface area contributed by atoms with Gasteiger partial charge in [-0.05, 0) is 29.1 Å². The molecule has 2 aromatic rings. The largest absolute Gasteiger partial charge is 0.495 e. The number of rotatable bonds is 4. The van der Waals surface area contributed by atoms with Crippen molar-refractivity contribution in [2.45, 2.75) is 6.54 Å². The van der Waals surface area contributed by atoms with Gasteiger partial charge in [-0.2, -0.15) is 0 Å². The number of hydrogen-bond acceptors (Lipinski definition) is 4. The van der Waals surface area contributed by atoms with Crippen molar-refractivity contribution in [2.75, 3.05) is 13.7 Å². The van der Waals surface area contributed by atoms with E-state index in [-0.39, 0.29) is 12.5 Å². The number of aliphatic hydroxyl groups is 1. The lowest BCUT2D eigenvalue weighted by atomic mass is 10.1. The molecule has 0 aliphatic rings. The van der Waals surface area contributed by atoms with E-state index < -0.39 is 0 Å². The molecule has 1 amide bonds. The molecule has 0 atom stereocenters. The van der Waals surface area contributed by atoms with Gasteiger partial charge < -0.3 is 15.2 Å². The molecule has 0 fully saturated rings. The number of aliphatic hydroxyl groups excluding tert-OH is 1. The normalized spacial score (nSPS) is 9.62. The van der Waals surface area contributed by atoms with Crippen LogP contribution in [0.3, 0.4) is 0 Å². The average Bonchev–Trinajstić information content (AvgIpc) is 3.00. The van der Waals surface area contributed by atoms with Crippen LogP contribution < -0.4 is 10.1 Å². The van der Waals surface area contributed by atoms with E-state index in [0.29, 0.717) is 17.2 Å². The zero-order valence-corrected chi connectivity index (χ0v) is 12.4. The molecule has 1 aromatic heterocycles. The molecule has 0 bridgehead atoms. The van der Waals surface area contributed by atoms with Crippen molar-refractivity contribution in [1.82, 2.24) is 5.32 Å². The number of methoxy groups -OCH3 is 1. The molecule has 5 heteroatoms. The Labute approximate surface area is 127 Å². The number of carbonyl (C=O) groups is 1. The van der Waals surface area contributed by atoms with Gasteiger partial charge in [0.15, 0.2) is 0 Å². The highest BCUT2D eigenvalue weighted by Gasteiger charge is 2.13. The van der Waals surface area contributed by atoms with Crippen molar-refractivity contribution >= 4 is 17.2 Å². The molecule has 2 rings (SSSR count). The van der Waals surface area contributed by atoms with Crippen LogP contribution in [-0.2, 0) is 6.54 Å². The van der Waals surface area contributed by atoms with Crippen LogP contribution >= 0.6 is 11.3 Å². The number of ether oxygens (including phenoxy) is 1. The minimum absolute atomic E-state index is 0.147. The summed E-state index contributed by atoms with van der Waals surface area (Å²) in [7, 11) is 1.55. The van der Waals surface area contributed by atoms with E-state index in [1.807, 2.05) is 29.6 Å². The number of nitrogens with one attached hydrogen (secondary N) is 1. The maximum absolute atomic E-state index is 12.0. The maximum Gasteiger partial charge on any atom is 0.265 e. The molecule has 4 nitrogen and oxygen atoms in total. The molecular weight excluding hydrogens is 286 g/mol. The fourth-order valence-corrected chi connectivity index (χ4v) is 2.51. The van der Waals surface area contributed by atoms with Gasteiger partial charge in [0.2, 0.25) is 0 Å². The first kappa shape index (κ1) is 15.1. The highest BCUT2D eigenvalue weighted by molar-refractivity contribution is 7.12. The summed E-state index contributed by atoms with van der Waals surface area (Å²) in [6.45, 7) is 0.286. The fraction of sp³-hybridized carbons (Fsp3) is 0.188. The van der Waals surface area contributed by atoms with E-state index in [4.69, 9.17) is 9.84 Å². The van der Waals surface area contributed by atoms with Crippen LogP contribution in [0.4, 0.5) is 0 Å². The van der Waals surface area contributed by atoms with Gasteiger partial charge in [0, 0.05) is 12.1 Å². The second-order valence-corrected chi connectivity index (χ2v) is 5.07. The highest BCUT2D eigenvalue weighted by atomic mass is 32.1. The second-order valence-electron chi connectivity index (χ2n) is 4.16. The molecule has 0 saturated heterocycles. The maximum atomic E-state index is 12.0. The first-order chi connectivity index (χ1) is 10.2. The third-order valence-electron chi connectivity index (χ3n) is 2.77. The zero-order valence-electron chi connectivity index (χ0n) is 11.6. The number of hydrogen-bond donors (Lipinski definition) is 2. The molecule has 0 unspecified atom stereocenters. The molecule has 0 radical (unpaired) electrons. The van der Waals surface area contributed by atoms with E-state index in [1.54, 1.807) is 13.2 Å². The second kappa shape index (κ2) is 7.48. The predicted molar refractivity (Wildman–Crippen MR) is 82.4 cm³/mol. The van der Waals surface area contributed by atoms with Gasteiger partial charge >= 0.3 is 0 Å². The minimum atomic E-state index is -0.152. The van der Waals surface area contributed by atoms with Crippen molar-refractivity contribution in [3.05, 3.63) is 51.7 Å². The van der Waals surface area contributed by atoms with Gasteiger partial charge in [0.1, 0.15) is 17.2 Å². The van der Waals surface area contributed by atoms with E-state index >= 15 is 0 Å². The van der Waals surface area contributed by atoms with Crippen LogP contribution in [0.25, 0.3) is 0 Å². The Bertz CT molecular complexity index is 665. The fourth-order valence-electron chi connectivity index (χ4n) is 1.73. The predicted octanol–water partition coefficient (Wildman–Crippen LogP) is 2.03. The topological polar surface area (TPSA) is 58.6 Å². The Morgan fingerprint density at radius 1 is 1.33 bits per heavy atom. The van der Waals surface area contributed by atoms with Gasteiger partial charge in [0.05, 0.1) is 7.11 Å². The summed E-state index contributed by atoms with van der Waals surface area (Å²) in [5.74, 6) is 5.85. The molecule has 0 spiro atoms. The third-order valence-corrected chi connectivity index (χ3v) is 3.67. The quantitative estimate of drug-likeness (QED) is 0.850. The lowest BCUT2D eigenvalue weighted by molar-refractivity contribution is 0.0952. The number of thiophene rings is 1. The van der Waals surface area contributed by atoms with Crippen molar-refractivity contribution < 1.29 is 14.6 Å². The van der Waals surface area contributed by atoms with Crippen LogP contribution in [0.2, 0.25) is 0 Å². The van der Waals surface area contributed by atoms with E-state index in [1.165, 1.54) is 11.3 Å². The summed E-state index contributed by atoms with van der Waals surface area (Å²) < 4.78 is 5.13. The Hall–Kier alpha value is -2.29. The Balaban J connectivity index is 1.95. The Morgan fingerprint density at radius 3 is 2.76 bits per heavy atom. The van der Waals surface area contributed by atoms with Crippen LogP contribution in [0.5, 0.6) is 5.75 Å². The van der Waals surface area contributed by atoms with Crippen LogP contribution in [0, 0.1) is 11.8 Å². The molecule has 21 heavy (non-hydrogen) atoms. The highest BCUT2D eigenvalue weighted by Crippen LogP contribution is 2.24. The smallest absolute Gasteiger partial charge is 0.265 e. The Morgan fingerprint density at radius 2 is 2.10 bits per heavy atom. The average molecular weight is 301 g/mol. The molecule has 2 N–H and O–H groups in total. The van der Waals surface area contributed by atoms with Crippen LogP contribution in [0.15, 0.2) is 35.7 Å². The van der Waals surface area contributed by atoms with Gasteiger partial charge in [-0.3, -0.25) is 4.79 Å². The number of benzene rings is 1. The lowest BCUT2D eigenvalue weighted by Crippen LogP contribution is -2.22. The molecule has 0 saturated carbocycles. The van der Waals surface area contributed by atoms with E-state index in [0.717, 1.165) is 11.1 Å². The molecule has 0 aliphatic heterocycles.